The van der Waals surface area contributed by atoms with E-state index >= 15 is 0 Å². The first-order valence-electron chi connectivity index (χ1n) is 11.2. The molecule has 0 radical (unpaired) electrons. The molecule has 0 saturated heterocycles. The van der Waals surface area contributed by atoms with Gasteiger partial charge in [-0.1, -0.05) is 0 Å². The zero-order valence-electron chi connectivity index (χ0n) is 20.9. The smallest absolute Gasteiger partial charge is 0.332 e. The fourth-order valence-electron chi connectivity index (χ4n) is 3.73. The second-order valence-corrected chi connectivity index (χ2v) is 8.24. The van der Waals surface area contributed by atoms with Gasteiger partial charge >= 0.3 is 5.69 Å². The lowest BCUT2D eigenvalue weighted by Gasteiger charge is -2.19. The van der Waals surface area contributed by atoms with Crippen molar-refractivity contribution in [3.8, 4) is 23.0 Å². The zero-order valence-corrected chi connectivity index (χ0v) is 20.9. The fraction of sp³-hybridized carbons (Fsp3) is 0.522. The number of aliphatic hydroxyl groups is 1. The third-order valence-corrected chi connectivity index (χ3v) is 5.80. The first-order chi connectivity index (χ1) is 16.7. The van der Waals surface area contributed by atoms with Gasteiger partial charge in [0, 0.05) is 45.4 Å². The highest BCUT2D eigenvalue weighted by molar-refractivity contribution is 5.69. The standard InChI is InChI=1S/C23H33N5O7/c1-14(7-8-28-13-25-21-19(28)22(30)27(3)23(31)26(21)2)24-11-15(29)12-35-16-9-17(32-4)20(34-6)18(10-16)33-5/h9-10,13-15,24,29H,7-8,11-12H2,1-6H3. The van der Waals surface area contributed by atoms with E-state index in [9.17, 15) is 14.7 Å². The summed E-state index contributed by atoms with van der Waals surface area (Å²) in [5.74, 6) is 1.87. The summed E-state index contributed by atoms with van der Waals surface area (Å²) in [6.07, 6.45) is 1.49. The van der Waals surface area contributed by atoms with Crippen LogP contribution in [0.3, 0.4) is 0 Å². The van der Waals surface area contributed by atoms with Crippen molar-refractivity contribution in [3.05, 3.63) is 39.3 Å². The Balaban J connectivity index is 1.53. The average Bonchev–Trinajstić information content (AvgIpc) is 3.30. The van der Waals surface area contributed by atoms with Gasteiger partial charge in [0.05, 0.1) is 27.7 Å². The number of benzene rings is 1. The molecule has 12 nitrogen and oxygen atoms in total. The highest BCUT2D eigenvalue weighted by atomic mass is 16.5. The Kier molecular flexibility index (Phi) is 8.41. The number of aryl methyl sites for hydroxylation is 2. The summed E-state index contributed by atoms with van der Waals surface area (Å²) >= 11 is 0. The lowest BCUT2D eigenvalue weighted by Crippen LogP contribution is -2.38. The predicted molar refractivity (Wildman–Crippen MR) is 130 cm³/mol. The Labute approximate surface area is 202 Å². The summed E-state index contributed by atoms with van der Waals surface area (Å²) in [5.41, 5.74) is -0.0373. The number of methoxy groups -OCH3 is 3. The van der Waals surface area contributed by atoms with Crippen LogP contribution in [-0.4, -0.2) is 70.4 Å². The number of hydrogen-bond donors (Lipinski definition) is 2. The van der Waals surface area contributed by atoms with Gasteiger partial charge in [0.1, 0.15) is 18.5 Å². The van der Waals surface area contributed by atoms with Gasteiger partial charge < -0.3 is 33.9 Å². The molecule has 0 aliphatic heterocycles. The summed E-state index contributed by atoms with van der Waals surface area (Å²) in [6.45, 7) is 2.89. The minimum absolute atomic E-state index is 0.0414. The molecule has 0 aliphatic carbocycles. The summed E-state index contributed by atoms with van der Waals surface area (Å²) in [6, 6.07) is 3.37. The van der Waals surface area contributed by atoms with Crippen molar-refractivity contribution in [1.82, 2.24) is 24.0 Å². The van der Waals surface area contributed by atoms with Gasteiger partial charge in [-0.3, -0.25) is 13.9 Å². The molecule has 0 amide bonds. The molecule has 192 valence electrons. The predicted octanol–water partition coefficient (Wildman–Crippen LogP) is 0.268. The SMILES string of the molecule is COc1cc(OCC(O)CNC(C)CCn2cnc3c2c(=O)n(C)c(=O)n3C)cc(OC)c1OC. The van der Waals surface area contributed by atoms with Crippen LogP contribution in [-0.2, 0) is 20.6 Å². The Morgan fingerprint density at radius 1 is 1.06 bits per heavy atom. The highest BCUT2D eigenvalue weighted by Crippen LogP contribution is 2.40. The summed E-state index contributed by atoms with van der Waals surface area (Å²) in [4.78, 5) is 28.9. The molecule has 0 spiro atoms. The molecule has 0 aliphatic rings. The van der Waals surface area contributed by atoms with E-state index in [1.54, 1.807) is 30.1 Å². The number of nitrogens with one attached hydrogen (secondary N) is 1. The number of imidazole rings is 1. The van der Waals surface area contributed by atoms with Crippen LogP contribution >= 0.6 is 0 Å². The van der Waals surface area contributed by atoms with E-state index in [-0.39, 0.29) is 18.2 Å². The van der Waals surface area contributed by atoms with Gasteiger partial charge in [-0.2, -0.15) is 0 Å². The van der Waals surface area contributed by atoms with E-state index in [2.05, 4.69) is 10.3 Å². The summed E-state index contributed by atoms with van der Waals surface area (Å²) < 4.78 is 25.8. The molecule has 2 aromatic heterocycles. The van der Waals surface area contributed by atoms with Gasteiger partial charge in [0.2, 0.25) is 5.75 Å². The summed E-state index contributed by atoms with van der Waals surface area (Å²) in [7, 11) is 7.61. The quantitative estimate of drug-likeness (QED) is 0.366. The van der Waals surface area contributed by atoms with E-state index in [4.69, 9.17) is 18.9 Å². The number of hydrogen-bond acceptors (Lipinski definition) is 9. The van der Waals surface area contributed by atoms with E-state index in [0.29, 0.717) is 53.7 Å². The molecule has 1 aromatic carbocycles. The second-order valence-electron chi connectivity index (χ2n) is 8.24. The van der Waals surface area contributed by atoms with E-state index < -0.39 is 11.8 Å². The minimum Gasteiger partial charge on any atom is -0.493 e. The molecule has 3 aromatic rings. The van der Waals surface area contributed by atoms with Crippen molar-refractivity contribution >= 4 is 11.2 Å². The van der Waals surface area contributed by atoms with Crippen molar-refractivity contribution in [2.24, 2.45) is 14.1 Å². The topological polar surface area (TPSA) is 131 Å². The molecule has 2 N–H and O–H groups in total. The number of nitrogens with zero attached hydrogens (tertiary/aromatic N) is 4. The molecule has 0 saturated carbocycles. The van der Waals surface area contributed by atoms with Crippen molar-refractivity contribution in [2.75, 3.05) is 34.5 Å². The number of aromatic nitrogens is 4. The lowest BCUT2D eigenvalue weighted by molar-refractivity contribution is 0.103. The molecule has 2 heterocycles. The Morgan fingerprint density at radius 3 is 2.31 bits per heavy atom. The van der Waals surface area contributed by atoms with E-state index in [0.717, 1.165) is 4.57 Å². The van der Waals surface area contributed by atoms with Gasteiger partial charge in [-0.05, 0) is 13.3 Å². The average molecular weight is 492 g/mol. The third-order valence-electron chi connectivity index (χ3n) is 5.80. The van der Waals surface area contributed by atoms with E-state index in [1.165, 1.54) is 32.9 Å². The Morgan fingerprint density at radius 2 is 1.71 bits per heavy atom. The molecular weight excluding hydrogens is 458 g/mol. The van der Waals surface area contributed by atoms with Crippen LogP contribution in [0.15, 0.2) is 28.0 Å². The molecule has 2 unspecified atom stereocenters. The fourth-order valence-corrected chi connectivity index (χ4v) is 3.73. The molecule has 0 fully saturated rings. The maximum Gasteiger partial charge on any atom is 0.332 e. The van der Waals surface area contributed by atoms with E-state index in [1.807, 2.05) is 6.92 Å². The minimum atomic E-state index is -0.757. The number of ether oxygens (including phenoxy) is 4. The third kappa shape index (κ3) is 5.60. The maximum atomic E-state index is 12.6. The van der Waals surface area contributed by atoms with Crippen molar-refractivity contribution in [2.45, 2.75) is 32.0 Å². The number of aliphatic hydroxyl groups excluding tert-OH is 1. The first-order valence-corrected chi connectivity index (χ1v) is 11.2. The van der Waals surface area contributed by atoms with Crippen LogP contribution in [0.5, 0.6) is 23.0 Å². The van der Waals surface area contributed by atoms with Gasteiger partial charge in [-0.15, -0.1) is 0 Å². The van der Waals surface area contributed by atoms with Crippen LogP contribution in [0.2, 0.25) is 0 Å². The van der Waals surface area contributed by atoms with Crippen LogP contribution in [0.1, 0.15) is 13.3 Å². The van der Waals surface area contributed by atoms with Crippen LogP contribution in [0, 0.1) is 0 Å². The molecule has 3 rings (SSSR count). The van der Waals surface area contributed by atoms with Crippen LogP contribution in [0.25, 0.3) is 11.2 Å². The number of rotatable bonds is 12. The maximum absolute atomic E-state index is 12.6. The van der Waals surface area contributed by atoms with Gasteiger partial charge in [-0.25, -0.2) is 9.78 Å². The number of fused-ring (bicyclic) bond motifs is 1. The largest absolute Gasteiger partial charge is 0.493 e. The monoisotopic (exact) mass is 491 g/mol. The molecule has 0 bridgehead atoms. The lowest BCUT2D eigenvalue weighted by atomic mass is 10.2. The normalized spacial score (nSPS) is 13.0. The molecule has 12 heteroatoms. The van der Waals surface area contributed by atoms with Crippen molar-refractivity contribution in [3.63, 3.8) is 0 Å². The van der Waals surface area contributed by atoms with Crippen molar-refractivity contribution < 1.29 is 24.1 Å². The van der Waals surface area contributed by atoms with Gasteiger partial charge in [0.15, 0.2) is 22.7 Å². The van der Waals surface area contributed by atoms with Crippen LogP contribution < -0.4 is 35.5 Å². The summed E-state index contributed by atoms with van der Waals surface area (Å²) in [5, 5.41) is 13.6. The first kappa shape index (κ1) is 26.1. The molecule has 35 heavy (non-hydrogen) atoms. The highest BCUT2D eigenvalue weighted by Gasteiger charge is 2.17. The Hall–Kier alpha value is -3.51. The van der Waals surface area contributed by atoms with Crippen LogP contribution in [0.4, 0.5) is 0 Å². The second kappa shape index (κ2) is 11.3. The molecular formula is C23H33N5O7. The molecule has 2 atom stereocenters. The van der Waals surface area contributed by atoms with Crippen molar-refractivity contribution in [1.29, 1.82) is 0 Å². The van der Waals surface area contributed by atoms with Gasteiger partial charge in [0.25, 0.3) is 5.56 Å². The Bertz CT molecular complexity index is 1250. The zero-order chi connectivity index (χ0) is 25.7.